The third-order valence-corrected chi connectivity index (χ3v) is 5.90. The lowest BCUT2D eigenvalue weighted by molar-refractivity contribution is 0.179. The van der Waals surface area contributed by atoms with Crippen LogP contribution in [0, 0.1) is 0 Å². The van der Waals surface area contributed by atoms with Crippen molar-refractivity contribution in [3.05, 3.63) is 0 Å². The highest BCUT2D eigenvalue weighted by atomic mass is 32.2. The van der Waals surface area contributed by atoms with E-state index in [1.807, 2.05) is 0 Å². The van der Waals surface area contributed by atoms with Crippen LogP contribution in [0.15, 0.2) is 0 Å². The van der Waals surface area contributed by atoms with Crippen LogP contribution in [0.5, 0.6) is 0 Å². The predicted molar refractivity (Wildman–Crippen MR) is 76.7 cm³/mol. The molecule has 1 aliphatic rings. The minimum absolute atomic E-state index is 0.0953. The van der Waals surface area contributed by atoms with Gasteiger partial charge in [-0.2, -0.15) is 0 Å². The van der Waals surface area contributed by atoms with Crippen LogP contribution in [0.1, 0.15) is 39.5 Å². The molecule has 0 radical (unpaired) electrons. The quantitative estimate of drug-likeness (QED) is 0.821. The minimum atomic E-state index is -2.88. The van der Waals surface area contributed by atoms with Crippen molar-refractivity contribution in [1.29, 1.82) is 0 Å². The zero-order valence-corrected chi connectivity index (χ0v) is 13.2. The molecule has 0 aliphatic heterocycles. The van der Waals surface area contributed by atoms with Gasteiger partial charge in [0.15, 0.2) is 0 Å². The first-order chi connectivity index (χ1) is 8.13. The average Bonchev–Trinajstić information content (AvgIpc) is 2.25. The van der Waals surface area contributed by atoms with Crippen LogP contribution in [0.3, 0.4) is 0 Å². The van der Waals surface area contributed by atoms with Gasteiger partial charge in [0.25, 0.3) is 0 Å². The molecule has 2 atom stereocenters. The summed E-state index contributed by atoms with van der Waals surface area (Å²) >= 11 is 0. The zero-order valence-electron chi connectivity index (χ0n) is 12.4. The highest BCUT2D eigenvalue weighted by Gasteiger charge is 2.30. The lowest BCUT2D eigenvalue weighted by atomic mass is 9.94. The van der Waals surface area contributed by atoms with E-state index in [4.69, 9.17) is 0 Å². The van der Waals surface area contributed by atoms with Gasteiger partial charge in [0.2, 0.25) is 0 Å². The van der Waals surface area contributed by atoms with E-state index in [1.165, 1.54) is 6.26 Å². The number of sulfone groups is 1. The maximum absolute atomic E-state index is 11.6. The van der Waals surface area contributed by atoms with Crippen molar-refractivity contribution in [2.75, 3.05) is 26.9 Å². The van der Waals surface area contributed by atoms with E-state index in [2.05, 4.69) is 38.2 Å². The fraction of sp³-hybridized carbons (Fsp3) is 1.00. The van der Waals surface area contributed by atoms with Crippen LogP contribution in [0.4, 0.5) is 0 Å². The first-order valence-electron chi connectivity index (χ1n) is 6.72. The summed E-state index contributed by atoms with van der Waals surface area (Å²) in [5.74, 6) is 0. The van der Waals surface area contributed by atoms with Gasteiger partial charge in [-0.25, -0.2) is 8.42 Å². The zero-order chi connectivity index (χ0) is 14.0. The molecule has 1 fully saturated rings. The molecular formula is C13H28N2O2S. The van der Waals surface area contributed by atoms with Gasteiger partial charge in [0.05, 0.1) is 5.25 Å². The Morgan fingerprint density at radius 2 is 1.89 bits per heavy atom. The van der Waals surface area contributed by atoms with Gasteiger partial charge in [-0.15, -0.1) is 0 Å². The summed E-state index contributed by atoms with van der Waals surface area (Å²) in [6.07, 6.45) is 5.06. The first-order valence-corrected chi connectivity index (χ1v) is 8.68. The van der Waals surface area contributed by atoms with Crippen LogP contribution in [0.25, 0.3) is 0 Å². The number of likely N-dealkylation sites (N-methyl/N-ethyl adjacent to an activating group) is 1. The number of nitrogens with zero attached hydrogens (tertiary/aromatic N) is 1. The molecule has 1 aliphatic carbocycles. The summed E-state index contributed by atoms with van der Waals surface area (Å²) < 4.78 is 23.2. The van der Waals surface area contributed by atoms with Crippen LogP contribution >= 0.6 is 0 Å². The van der Waals surface area contributed by atoms with Crippen molar-refractivity contribution in [3.63, 3.8) is 0 Å². The summed E-state index contributed by atoms with van der Waals surface area (Å²) in [5, 5.41) is 3.39. The Labute approximate surface area is 112 Å². The number of nitrogens with one attached hydrogen (secondary N) is 1. The molecule has 0 aromatic rings. The van der Waals surface area contributed by atoms with Gasteiger partial charge in [-0.3, -0.25) is 0 Å². The molecule has 1 saturated carbocycles. The third kappa shape index (κ3) is 4.52. The van der Waals surface area contributed by atoms with E-state index in [1.54, 1.807) is 0 Å². The second-order valence-corrected chi connectivity index (χ2v) is 8.73. The Hall–Kier alpha value is -0.130. The monoisotopic (exact) mass is 276 g/mol. The van der Waals surface area contributed by atoms with Crippen LogP contribution < -0.4 is 5.32 Å². The molecule has 0 bridgehead atoms. The molecule has 0 aromatic heterocycles. The van der Waals surface area contributed by atoms with Crippen molar-refractivity contribution in [1.82, 2.24) is 10.2 Å². The molecule has 1 rings (SSSR count). The Bertz CT molecular complexity index is 363. The van der Waals surface area contributed by atoms with Crippen molar-refractivity contribution in [2.24, 2.45) is 0 Å². The largest absolute Gasteiger partial charge is 0.312 e. The van der Waals surface area contributed by atoms with Gasteiger partial charge in [0, 0.05) is 24.4 Å². The standard InChI is InChI=1S/C13H28N2O2S/c1-13(2,15(3)4)10-14-11-7-6-8-12(9-11)18(5,16)17/h11-12,14H,6-10H2,1-5H3. The van der Waals surface area contributed by atoms with E-state index in [0.717, 1.165) is 32.2 Å². The second kappa shape index (κ2) is 5.88. The molecule has 2 unspecified atom stereocenters. The first kappa shape index (κ1) is 15.9. The molecule has 5 heteroatoms. The molecule has 18 heavy (non-hydrogen) atoms. The van der Waals surface area contributed by atoms with E-state index >= 15 is 0 Å². The number of hydrogen-bond acceptors (Lipinski definition) is 4. The van der Waals surface area contributed by atoms with Crippen molar-refractivity contribution in [3.8, 4) is 0 Å². The Balaban J connectivity index is 2.49. The van der Waals surface area contributed by atoms with Crippen LogP contribution in [-0.2, 0) is 9.84 Å². The van der Waals surface area contributed by atoms with E-state index in [-0.39, 0.29) is 10.8 Å². The number of hydrogen-bond donors (Lipinski definition) is 1. The Morgan fingerprint density at radius 3 is 2.39 bits per heavy atom. The van der Waals surface area contributed by atoms with Crippen molar-refractivity contribution in [2.45, 2.75) is 56.4 Å². The maximum atomic E-state index is 11.6. The smallest absolute Gasteiger partial charge is 0.150 e. The fourth-order valence-corrected chi connectivity index (χ4v) is 3.45. The normalized spacial score (nSPS) is 26.6. The van der Waals surface area contributed by atoms with E-state index < -0.39 is 9.84 Å². The third-order valence-electron chi connectivity index (χ3n) is 4.27. The summed E-state index contributed by atoms with van der Waals surface area (Å²) in [7, 11) is 1.26. The molecule has 0 saturated heterocycles. The number of rotatable bonds is 5. The lowest BCUT2D eigenvalue weighted by Gasteiger charge is -2.36. The molecule has 0 heterocycles. The average molecular weight is 276 g/mol. The Kier molecular flexibility index (Phi) is 5.21. The molecular weight excluding hydrogens is 248 g/mol. The topological polar surface area (TPSA) is 49.4 Å². The van der Waals surface area contributed by atoms with Gasteiger partial charge in [-0.1, -0.05) is 6.42 Å². The van der Waals surface area contributed by atoms with Crippen LogP contribution in [0.2, 0.25) is 0 Å². The maximum Gasteiger partial charge on any atom is 0.150 e. The molecule has 108 valence electrons. The second-order valence-electron chi connectivity index (χ2n) is 6.40. The molecule has 4 nitrogen and oxygen atoms in total. The van der Waals surface area contributed by atoms with Crippen LogP contribution in [-0.4, -0.2) is 57.0 Å². The highest BCUT2D eigenvalue weighted by molar-refractivity contribution is 7.91. The lowest BCUT2D eigenvalue weighted by Crippen LogP contribution is -2.50. The summed E-state index contributed by atoms with van der Waals surface area (Å²) in [6.45, 7) is 5.27. The van der Waals surface area contributed by atoms with E-state index in [0.29, 0.717) is 6.04 Å². The SMILES string of the molecule is CN(C)C(C)(C)CNC1CCCC(S(C)(=O)=O)C1. The van der Waals surface area contributed by atoms with Crippen molar-refractivity contribution < 1.29 is 8.42 Å². The fourth-order valence-electron chi connectivity index (χ4n) is 2.27. The summed E-state index contributed by atoms with van der Waals surface area (Å²) in [4.78, 5) is 2.19. The van der Waals surface area contributed by atoms with E-state index in [9.17, 15) is 8.42 Å². The van der Waals surface area contributed by atoms with Gasteiger partial charge >= 0.3 is 0 Å². The molecule has 0 amide bonds. The van der Waals surface area contributed by atoms with Gasteiger partial charge in [0.1, 0.15) is 9.84 Å². The highest BCUT2D eigenvalue weighted by Crippen LogP contribution is 2.24. The predicted octanol–water partition coefficient (Wildman–Crippen LogP) is 1.27. The Morgan fingerprint density at radius 1 is 1.28 bits per heavy atom. The van der Waals surface area contributed by atoms with Gasteiger partial charge < -0.3 is 10.2 Å². The van der Waals surface area contributed by atoms with Crippen molar-refractivity contribution >= 4 is 9.84 Å². The van der Waals surface area contributed by atoms with Gasteiger partial charge in [-0.05, 0) is 47.2 Å². The molecule has 0 spiro atoms. The summed E-state index contributed by atoms with van der Waals surface area (Å²) in [5.41, 5.74) is 0.0953. The minimum Gasteiger partial charge on any atom is -0.312 e. The molecule has 0 aromatic carbocycles. The summed E-state index contributed by atoms with van der Waals surface area (Å²) in [6, 6.07) is 0.345. The molecule has 1 N–H and O–H groups in total.